The Kier molecular flexibility index (Phi) is 10.8. The van der Waals surface area contributed by atoms with Crippen molar-refractivity contribution in [1.29, 1.82) is 0 Å². The van der Waals surface area contributed by atoms with Gasteiger partial charge in [0.1, 0.15) is 11.9 Å². The molecule has 2 amide bonds. The molecule has 4 rings (SSSR count). The standard InChI is InChI=1S/C31H34BrFN2O2S/c32-26-17-15-24(16-18-26)21-38-22-30(36)35(20-25-11-7-8-14-28(25)33)29(19-23-9-3-1-4-10-23)31(37)34-27-12-5-2-6-13-27/h1,3-4,7-11,14-18,27,29H,2,5-6,12-13,19-22H2,(H,34,37)/t29-/m1/s1. The van der Waals surface area contributed by atoms with Gasteiger partial charge in [0, 0.05) is 34.8 Å². The van der Waals surface area contributed by atoms with Crippen LogP contribution in [-0.4, -0.2) is 34.6 Å². The molecule has 3 aromatic carbocycles. The summed E-state index contributed by atoms with van der Waals surface area (Å²) in [6, 6.07) is 23.6. The molecular weight excluding hydrogens is 563 g/mol. The van der Waals surface area contributed by atoms with E-state index in [1.54, 1.807) is 23.1 Å². The van der Waals surface area contributed by atoms with Crippen molar-refractivity contribution in [3.05, 3.63) is 106 Å². The van der Waals surface area contributed by atoms with Crippen LogP contribution in [0.3, 0.4) is 0 Å². The number of halogens is 2. The number of hydrogen-bond donors (Lipinski definition) is 1. The van der Waals surface area contributed by atoms with Gasteiger partial charge in [0.2, 0.25) is 11.8 Å². The Labute approximate surface area is 237 Å². The highest BCUT2D eigenvalue weighted by atomic mass is 79.9. The summed E-state index contributed by atoms with van der Waals surface area (Å²) in [6.45, 7) is 0.0416. The first-order chi connectivity index (χ1) is 18.5. The van der Waals surface area contributed by atoms with Crippen molar-refractivity contribution >= 4 is 39.5 Å². The molecule has 4 nitrogen and oxygen atoms in total. The predicted molar refractivity (Wildman–Crippen MR) is 156 cm³/mol. The SMILES string of the molecule is O=C(NC1CCCCC1)[C@@H](Cc1ccccc1)N(Cc1ccccc1F)C(=O)CSCc1ccc(Br)cc1. The summed E-state index contributed by atoms with van der Waals surface area (Å²) in [5, 5.41) is 3.22. The third kappa shape index (κ3) is 8.43. The van der Waals surface area contributed by atoms with Gasteiger partial charge in [0.15, 0.2) is 0 Å². The fraction of sp³-hybridized carbons (Fsp3) is 0.355. The van der Waals surface area contributed by atoms with Crippen molar-refractivity contribution < 1.29 is 14.0 Å². The largest absolute Gasteiger partial charge is 0.352 e. The van der Waals surface area contributed by atoms with Crippen LogP contribution in [0.5, 0.6) is 0 Å². The zero-order valence-electron chi connectivity index (χ0n) is 21.5. The fourth-order valence-electron chi connectivity index (χ4n) is 4.83. The summed E-state index contributed by atoms with van der Waals surface area (Å²) in [5.41, 5.74) is 2.48. The van der Waals surface area contributed by atoms with E-state index in [0.717, 1.165) is 41.3 Å². The number of amides is 2. The minimum Gasteiger partial charge on any atom is -0.352 e. The van der Waals surface area contributed by atoms with Crippen molar-refractivity contribution in [2.24, 2.45) is 0 Å². The molecule has 7 heteroatoms. The summed E-state index contributed by atoms with van der Waals surface area (Å²) >= 11 is 4.95. The second-order valence-electron chi connectivity index (χ2n) is 9.78. The molecule has 1 aliphatic rings. The summed E-state index contributed by atoms with van der Waals surface area (Å²) in [7, 11) is 0. The lowest BCUT2D eigenvalue weighted by Crippen LogP contribution is -2.53. The van der Waals surface area contributed by atoms with Gasteiger partial charge in [-0.2, -0.15) is 0 Å². The van der Waals surface area contributed by atoms with Crippen molar-refractivity contribution in [3.63, 3.8) is 0 Å². The van der Waals surface area contributed by atoms with Gasteiger partial charge in [-0.15, -0.1) is 11.8 Å². The third-order valence-electron chi connectivity index (χ3n) is 6.93. The molecule has 1 saturated carbocycles. The van der Waals surface area contributed by atoms with Gasteiger partial charge < -0.3 is 10.2 Å². The first-order valence-corrected chi connectivity index (χ1v) is 15.1. The van der Waals surface area contributed by atoms with Crippen molar-refractivity contribution in [1.82, 2.24) is 10.2 Å². The number of carbonyl (C=O) groups is 2. The lowest BCUT2D eigenvalue weighted by Gasteiger charge is -2.33. The van der Waals surface area contributed by atoms with Crippen LogP contribution in [0.1, 0.15) is 48.8 Å². The molecule has 200 valence electrons. The zero-order valence-corrected chi connectivity index (χ0v) is 23.9. The number of hydrogen-bond acceptors (Lipinski definition) is 3. The molecule has 1 atom stereocenters. The first kappa shape index (κ1) is 28.4. The Morgan fingerprint density at radius 2 is 1.61 bits per heavy atom. The van der Waals surface area contributed by atoms with E-state index in [-0.39, 0.29) is 36.0 Å². The van der Waals surface area contributed by atoms with E-state index in [9.17, 15) is 14.0 Å². The quantitative estimate of drug-likeness (QED) is 0.261. The van der Waals surface area contributed by atoms with Crippen LogP contribution in [0.15, 0.2) is 83.3 Å². The average molecular weight is 598 g/mol. The highest BCUT2D eigenvalue weighted by molar-refractivity contribution is 9.10. The monoisotopic (exact) mass is 596 g/mol. The van der Waals surface area contributed by atoms with Crippen LogP contribution in [0, 0.1) is 5.82 Å². The van der Waals surface area contributed by atoms with E-state index in [2.05, 4.69) is 21.2 Å². The Balaban J connectivity index is 1.56. The third-order valence-corrected chi connectivity index (χ3v) is 8.45. The number of nitrogens with one attached hydrogen (secondary N) is 1. The van der Waals surface area contributed by atoms with Gasteiger partial charge in [0.05, 0.1) is 5.75 Å². The van der Waals surface area contributed by atoms with E-state index < -0.39 is 6.04 Å². The minimum atomic E-state index is -0.736. The molecule has 3 aromatic rings. The second-order valence-corrected chi connectivity index (χ2v) is 11.7. The van der Waals surface area contributed by atoms with Crippen LogP contribution in [0.25, 0.3) is 0 Å². The van der Waals surface area contributed by atoms with E-state index in [1.807, 2.05) is 54.6 Å². The molecule has 0 unspecified atom stereocenters. The highest BCUT2D eigenvalue weighted by Crippen LogP contribution is 2.22. The molecule has 1 N–H and O–H groups in total. The van der Waals surface area contributed by atoms with Gasteiger partial charge in [0.25, 0.3) is 0 Å². The number of thioether (sulfide) groups is 1. The molecule has 0 saturated heterocycles. The normalized spacial score (nSPS) is 14.6. The number of nitrogens with zero attached hydrogens (tertiary/aromatic N) is 1. The predicted octanol–water partition coefficient (Wildman–Crippen LogP) is 6.91. The molecule has 0 aromatic heterocycles. The van der Waals surface area contributed by atoms with Crippen LogP contribution in [-0.2, 0) is 28.3 Å². The maximum absolute atomic E-state index is 14.7. The molecule has 0 heterocycles. The molecule has 38 heavy (non-hydrogen) atoms. The molecule has 0 aliphatic heterocycles. The van der Waals surface area contributed by atoms with Crippen LogP contribution >= 0.6 is 27.7 Å². The van der Waals surface area contributed by atoms with E-state index in [0.29, 0.717) is 17.7 Å². The summed E-state index contributed by atoms with van der Waals surface area (Å²) in [4.78, 5) is 29.1. The Morgan fingerprint density at radius 1 is 0.921 bits per heavy atom. The van der Waals surface area contributed by atoms with Crippen LogP contribution < -0.4 is 5.32 Å². The fourth-order valence-corrected chi connectivity index (χ4v) is 5.96. The van der Waals surface area contributed by atoms with Crippen LogP contribution in [0.4, 0.5) is 4.39 Å². The summed E-state index contributed by atoms with van der Waals surface area (Å²) in [6.07, 6.45) is 5.66. The molecule has 1 fully saturated rings. The maximum Gasteiger partial charge on any atom is 0.243 e. The second kappa shape index (κ2) is 14.5. The minimum absolute atomic E-state index is 0.0416. The Hall–Kier alpha value is -2.64. The first-order valence-electron chi connectivity index (χ1n) is 13.2. The molecule has 0 radical (unpaired) electrons. The van der Waals surface area contributed by atoms with Crippen molar-refractivity contribution in [2.45, 2.75) is 62.9 Å². The summed E-state index contributed by atoms with van der Waals surface area (Å²) in [5.74, 6) is 0.161. The van der Waals surface area contributed by atoms with Gasteiger partial charge >= 0.3 is 0 Å². The average Bonchev–Trinajstić information content (AvgIpc) is 2.93. The maximum atomic E-state index is 14.7. The topological polar surface area (TPSA) is 49.4 Å². The Bertz CT molecular complexity index is 1190. The lowest BCUT2D eigenvalue weighted by molar-refractivity contribution is -0.139. The number of carbonyl (C=O) groups excluding carboxylic acids is 2. The van der Waals surface area contributed by atoms with E-state index in [4.69, 9.17) is 0 Å². The zero-order chi connectivity index (χ0) is 26.7. The van der Waals surface area contributed by atoms with Crippen LogP contribution in [0.2, 0.25) is 0 Å². The Morgan fingerprint density at radius 3 is 2.32 bits per heavy atom. The number of benzene rings is 3. The van der Waals surface area contributed by atoms with E-state index >= 15 is 0 Å². The molecule has 0 spiro atoms. The lowest BCUT2D eigenvalue weighted by atomic mass is 9.94. The van der Waals surface area contributed by atoms with Gasteiger partial charge in [-0.3, -0.25) is 9.59 Å². The highest BCUT2D eigenvalue weighted by Gasteiger charge is 2.32. The van der Waals surface area contributed by atoms with Gasteiger partial charge in [-0.25, -0.2) is 4.39 Å². The van der Waals surface area contributed by atoms with Crippen molar-refractivity contribution in [2.75, 3.05) is 5.75 Å². The molecule has 0 bridgehead atoms. The van der Waals surface area contributed by atoms with Gasteiger partial charge in [-0.1, -0.05) is 95.9 Å². The summed E-state index contributed by atoms with van der Waals surface area (Å²) < 4.78 is 15.7. The molecular formula is C31H34BrFN2O2S. The van der Waals surface area contributed by atoms with Gasteiger partial charge in [-0.05, 0) is 42.2 Å². The molecule has 1 aliphatic carbocycles. The number of rotatable bonds is 11. The smallest absolute Gasteiger partial charge is 0.243 e. The van der Waals surface area contributed by atoms with E-state index in [1.165, 1.54) is 24.2 Å². The van der Waals surface area contributed by atoms with Crippen molar-refractivity contribution in [3.8, 4) is 0 Å².